The van der Waals surface area contributed by atoms with Crippen LogP contribution in [-0.2, 0) is 4.79 Å². The maximum absolute atomic E-state index is 12.2. The van der Waals surface area contributed by atoms with Crippen molar-refractivity contribution in [1.82, 2.24) is 14.8 Å². The molecule has 0 bridgehead atoms. The second kappa shape index (κ2) is 5.40. The van der Waals surface area contributed by atoms with E-state index in [9.17, 15) is 14.7 Å². The topological polar surface area (TPSA) is 77.0 Å². The highest BCUT2D eigenvalue weighted by Crippen LogP contribution is 2.44. The maximum atomic E-state index is 12.2. The lowest BCUT2D eigenvalue weighted by Crippen LogP contribution is -2.44. The van der Waals surface area contributed by atoms with Gasteiger partial charge in [-0.15, -0.1) is 0 Å². The minimum absolute atomic E-state index is 0.0580. The van der Waals surface area contributed by atoms with Gasteiger partial charge in [-0.05, 0) is 19.1 Å². The molecule has 3 heterocycles. The van der Waals surface area contributed by atoms with Gasteiger partial charge in [-0.2, -0.15) is 0 Å². The Hall–Kier alpha value is -2.31. The van der Waals surface area contributed by atoms with E-state index in [0.717, 1.165) is 11.4 Å². The van der Waals surface area contributed by atoms with Crippen LogP contribution in [0.2, 0.25) is 0 Å². The third-order valence-corrected chi connectivity index (χ3v) is 4.93. The number of anilines is 1. The van der Waals surface area contributed by atoms with Gasteiger partial charge in [0.2, 0.25) is 0 Å². The van der Waals surface area contributed by atoms with E-state index in [1.165, 1.54) is 4.90 Å². The Morgan fingerprint density at radius 2 is 2.09 bits per heavy atom. The number of likely N-dealkylation sites (tertiary alicyclic amines) is 1. The first-order valence-electron chi connectivity index (χ1n) is 7.71. The predicted octanol–water partition coefficient (Wildman–Crippen LogP) is 0.894. The van der Waals surface area contributed by atoms with Crippen LogP contribution < -0.4 is 4.90 Å². The number of aliphatic carboxylic acids is 1. The van der Waals surface area contributed by atoms with E-state index in [1.807, 2.05) is 19.1 Å². The maximum Gasteiger partial charge on any atom is 0.319 e. The normalized spacial score (nSPS) is 26.3. The van der Waals surface area contributed by atoms with Gasteiger partial charge < -0.3 is 19.8 Å². The number of nitrogens with zero attached hydrogens (tertiary/aromatic N) is 4. The summed E-state index contributed by atoms with van der Waals surface area (Å²) in [5, 5.41) is 9.84. The number of aromatic nitrogens is 1. The highest BCUT2D eigenvalue weighted by atomic mass is 16.4. The van der Waals surface area contributed by atoms with Crippen molar-refractivity contribution >= 4 is 17.7 Å². The Morgan fingerprint density at radius 1 is 1.35 bits per heavy atom. The Labute approximate surface area is 135 Å². The second-order valence-electron chi connectivity index (χ2n) is 6.75. The Kier molecular flexibility index (Phi) is 3.66. The van der Waals surface area contributed by atoms with Crippen LogP contribution in [0.5, 0.6) is 0 Å². The van der Waals surface area contributed by atoms with E-state index < -0.39 is 11.4 Å². The van der Waals surface area contributed by atoms with Crippen molar-refractivity contribution < 1.29 is 14.7 Å². The third-order valence-electron chi connectivity index (χ3n) is 4.93. The number of hydrogen-bond donors (Lipinski definition) is 1. The summed E-state index contributed by atoms with van der Waals surface area (Å²) in [4.78, 5) is 33.6. The minimum Gasteiger partial charge on any atom is -0.481 e. The van der Waals surface area contributed by atoms with Gasteiger partial charge in [0.25, 0.3) is 0 Å². The number of aryl methyl sites for hydroxylation is 1. The zero-order chi connectivity index (χ0) is 16.8. The van der Waals surface area contributed by atoms with Gasteiger partial charge >= 0.3 is 12.0 Å². The summed E-state index contributed by atoms with van der Waals surface area (Å²) in [5.74, 6) is -0.873. The number of rotatable bonds is 2. The minimum atomic E-state index is -0.886. The first kappa shape index (κ1) is 15.6. The molecule has 0 spiro atoms. The molecule has 2 aliphatic heterocycles. The van der Waals surface area contributed by atoms with Crippen molar-refractivity contribution in [3.63, 3.8) is 0 Å². The van der Waals surface area contributed by atoms with Crippen LogP contribution in [0.4, 0.5) is 10.5 Å². The molecule has 0 unspecified atom stereocenters. The van der Waals surface area contributed by atoms with E-state index in [4.69, 9.17) is 0 Å². The van der Waals surface area contributed by atoms with Crippen LogP contribution in [0.25, 0.3) is 0 Å². The fourth-order valence-electron chi connectivity index (χ4n) is 3.72. The zero-order valence-electron chi connectivity index (χ0n) is 13.7. The van der Waals surface area contributed by atoms with Crippen LogP contribution in [-0.4, -0.2) is 72.2 Å². The number of carboxylic acids is 1. The Bertz CT molecular complexity index is 648. The molecule has 23 heavy (non-hydrogen) atoms. The molecule has 2 aliphatic rings. The van der Waals surface area contributed by atoms with Crippen molar-refractivity contribution in [2.24, 2.45) is 11.3 Å². The Morgan fingerprint density at radius 3 is 2.65 bits per heavy atom. The van der Waals surface area contributed by atoms with Crippen molar-refractivity contribution in [2.45, 2.75) is 6.92 Å². The molecule has 0 saturated carbocycles. The molecule has 0 aromatic carbocycles. The lowest BCUT2D eigenvalue weighted by molar-refractivity contribution is -0.148. The molecule has 124 valence electrons. The van der Waals surface area contributed by atoms with Crippen molar-refractivity contribution in [1.29, 1.82) is 0 Å². The molecule has 7 nitrogen and oxygen atoms in total. The summed E-state index contributed by atoms with van der Waals surface area (Å²) < 4.78 is 0. The van der Waals surface area contributed by atoms with E-state index in [0.29, 0.717) is 19.6 Å². The van der Waals surface area contributed by atoms with Crippen molar-refractivity contribution in [3.8, 4) is 0 Å². The number of carbonyl (C=O) groups excluding carboxylic acids is 1. The fourth-order valence-corrected chi connectivity index (χ4v) is 3.72. The molecule has 3 rings (SSSR count). The predicted molar refractivity (Wildman–Crippen MR) is 85.4 cm³/mol. The first-order valence-corrected chi connectivity index (χ1v) is 7.71. The lowest BCUT2D eigenvalue weighted by Gasteiger charge is -2.27. The van der Waals surface area contributed by atoms with Gasteiger partial charge in [-0.3, -0.25) is 9.78 Å². The quantitative estimate of drug-likeness (QED) is 0.876. The second-order valence-corrected chi connectivity index (χ2v) is 6.75. The molecule has 0 radical (unpaired) electrons. The molecule has 1 N–H and O–H groups in total. The summed E-state index contributed by atoms with van der Waals surface area (Å²) in [6.45, 7) is 3.75. The highest BCUT2D eigenvalue weighted by molar-refractivity contribution is 5.82. The molecule has 1 aromatic rings. The molecule has 2 saturated heterocycles. The monoisotopic (exact) mass is 318 g/mol. The fraction of sp³-hybridized carbons (Fsp3) is 0.562. The van der Waals surface area contributed by atoms with Gasteiger partial charge in [-0.1, -0.05) is 0 Å². The van der Waals surface area contributed by atoms with E-state index >= 15 is 0 Å². The van der Waals surface area contributed by atoms with Crippen LogP contribution in [0, 0.1) is 18.3 Å². The van der Waals surface area contributed by atoms with E-state index in [2.05, 4.69) is 9.88 Å². The van der Waals surface area contributed by atoms with Crippen LogP contribution in [0.15, 0.2) is 18.3 Å². The molecule has 2 atom stereocenters. The van der Waals surface area contributed by atoms with Crippen molar-refractivity contribution in [3.05, 3.63) is 24.0 Å². The number of amides is 2. The lowest BCUT2D eigenvalue weighted by atomic mass is 9.81. The number of hydrogen-bond acceptors (Lipinski definition) is 4. The number of urea groups is 1. The average Bonchev–Trinajstić information content (AvgIpc) is 3.01. The molecule has 2 fully saturated rings. The molecular formula is C16H22N4O3. The van der Waals surface area contributed by atoms with Crippen LogP contribution >= 0.6 is 0 Å². The van der Waals surface area contributed by atoms with Gasteiger partial charge in [0.05, 0.1) is 0 Å². The molecule has 7 heteroatoms. The van der Waals surface area contributed by atoms with Gasteiger partial charge in [0.1, 0.15) is 5.41 Å². The summed E-state index contributed by atoms with van der Waals surface area (Å²) >= 11 is 0. The van der Waals surface area contributed by atoms with Gasteiger partial charge in [0.15, 0.2) is 0 Å². The Balaban J connectivity index is 1.84. The average molecular weight is 318 g/mol. The standard InChI is InChI=1S/C16H22N4O3/c1-11-6-13(4-5-17-11)19-7-12-8-20(15(23)18(2)3)10-16(12,9-19)14(21)22/h4-6,12H,7-10H2,1-3H3,(H,21,22)/t12-,16-/m1/s1. The summed E-state index contributed by atoms with van der Waals surface area (Å²) in [6, 6.07) is 3.76. The largest absolute Gasteiger partial charge is 0.481 e. The summed E-state index contributed by atoms with van der Waals surface area (Å²) in [6.07, 6.45) is 1.74. The smallest absolute Gasteiger partial charge is 0.319 e. The van der Waals surface area contributed by atoms with Gasteiger partial charge in [-0.25, -0.2) is 4.79 Å². The number of carbonyl (C=O) groups is 2. The highest BCUT2D eigenvalue weighted by Gasteiger charge is 2.58. The molecule has 1 aromatic heterocycles. The summed E-state index contributed by atoms with van der Waals surface area (Å²) in [5.41, 5.74) is 1.02. The van der Waals surface area contributed by atoms with Gasteiger partial charge in [0, 0.05) is 63.8 Å². The molecule has 2 amide bonds. The summed E-state index contributed by atoms with van der Waals surface area (Å²) in [7, 11) is 3.38. The molecular weight excluding hydrogens is 296 g/mol. The van der Waals surface area contributed by atoms with E-state index in [1.54, 1.807) is 25.2 Å². The number of fused-ring (bicyclic) bond motifs is 1. The third kappa shape index (κ3) is 2.50. The number of carboxylic acid groups (broad SMARTS) is 1. The first-order chi connectivity index (χ1) is 10.8. The molecule has 0 aliphatic carbocycles. The van der Waals surface area contributed by atoms with Crippen LogP contribution in [0.3, 0.4) is 0 Å². The number of pyridine rings is 1. The van der Waals surface area contributed by atoms with Crippen molar-refractivity contribution in [2.75, 3.05) is 45.2 Å². The zero-order valence-corrected chi connectivity index (χ0v) is 13.7. The SMILES string of the molecule is Cc1cc(N2C[C@@H]3CN(C(=O)N(C)C)C[C@]3(C(=O)O)C2)ccn1. The van der Waals surface area contributed by atoms with E-state index in [-0.39, 0.29) is 18.5 Å². The van der Waals surface area contributed by atoms with Crippen LogP contribution in [0.1, 0.15) is 5.69 Å².